The number of likely N-dealkylation sites (N-methyl/N-ethyl adjacent to an activating group) is 1. The molecule has 0 aromatic heterocycles. The van der Waals surface area contributed by atoms with Crippen molar-refractivity contribution < 1.29 is 13.6 Å². The van der Waals surface area contributed by atoms with Crippen LogP contribution in [0.4, 0.5) is 8.78 Å². The van der Waals surface area contributed by atoms with Crippen molar-refractivity contribution in [2.24, 2.45) is 11.1 Å². The number of rotatable bonds is 1. The Labute approximate surface area is 123 Å². The number of hydrogen-bond acceptors (Lipinski definition) is 3. The summed E-state index contributed by atoms with van der Waals surface area (Å²) in [5, 5.41) is 8.27. The van der Waals surface area contributed by atoms with Gasteiger partial charge in [0.2, 0.25) is 11.8 Å². The molecule has 1 atom stereocenters. The van der Waals surface area contributed by atoms with E-state index in [0.717, 1.165) is 0 Å². The fraction of sp³-hybridized carbons (Fsp3) is 0.714. The number of nitrogens with two attached hydrogens (primary N) is 1. The van der Waals surface area contributed by atoms with Crippen LogP contribution in [-0.2, 0) is 4.79 Å². The summed E-state index contributed by atoms with van der Waals surface area (Å²) in [5.74, 6) is -2.82. The highest BCUT2D eigenvalue weighted by atomic mass is 19.3. The highest BCUT2D eigenvalue weighted by Gasteiger charge is 2.47. The van der Waals surface area contributed by atoms with Gasteiger partial charge in [-0.3, -0.25) is 10.2 Å². The molecule has 1 saturated heterocycles. The van der Waals surface area contributed by atoms with E-state index in [1.807, 2.05) is 0 Å². The van der Waals surface area contributed by atoms with Crippen LogP contribution in [0.2, 0.25) is 0 Å². The standard InChI is InChI=1S/C14H22F2N4O/c1-13(2)8-20(9-4-5-14(15,16)6-9)11(18)10(7-17)19(3)12(13)21/h7,9,18H,4-6,8,17H2,1-3H3/b10-7+,18-11?/t9-/m1/s1. The quantitative estimate of drug-likeness (QED) is 0.775. The molecule has 0 radical (unpaired) electrons. The molecule has 21 heavy (non-hydrogen) atoms. The van der Waals surface area contributed by atoms with E-state index in [2.05, 4.69) is 0 Å². The Kier molecular flexibility index (Phi) is 3.71. The van der Waals surface area contributed by atoms with Crippen LogP contribution < -0.4 is 5.73 Å². The van der Waals surface area contributed by atoms with Crippen LogP contribution >= 0.6 is 0 Å². The summed E-state index contributed by atoms with van der Waals surface area (Å²) < 4.78 is 27.0. The second-order valence-electron chi connectivity index (χ2n) is 6.53. The van der Waals surface area contributed by atoms with Gasteiger partial charge in [-0.05, 0) is 20.3 Å². The van der Waals surface area contributed by atoms with Crippen molar-refractivity contribution in [3.8, 4) is 0 Å². The Morgan fingerprint density at radius 1 is 1.43 bits per heavy atom. The molecule has 3 N–H and O–H groups in total. The van der Waals surface area contributed by atoms with E-state index in [0.29, 0.717) is 6.42 Å². The van der Waals surface area contributed by atoms with Crippen LogP contribution in [0.3, 0.4) is 0 Å². The fourth-order valence-corrected chi connectivity index (χ4v) is 3.14. The lowest BCUT2D eigenvalue weighted by molar-refractivity contribution is -0.136. The summed E-state index contributed by atoms with van der Waals surface area (Å²) in [7, 11) is 1.56. The van der Waals surface area contributed by atoms with Crippen LogP contribution in [-0.4, -0.2) is 47.1 Å². The third-order valence-electron chi connectivity index (χ3n) is 4.32. The molecular formula is C14H22F2N4O. The van der Waals surface area contributed by atoms with E-state index >= 15 is 0 Å². The number of carbonyl (C=O) groups is 1. The van der Waals surface area contributed by atoms with Gasteiger partial charge in [0, 0.05) is 38.7 Å². The summed E-state index contributed by atoms with van der Waals surface area (Å²) in [4.78, 5) is 15.4. The molecule has 1 amide bonds. The molecule has 118 valence electrons. The molecular weight excluding hydrogens is 278 g/mol. The SMILES string of the molecule is CN1C(=O)C(C)(C)CN([C@@H]2CCC(F)(F)C2)C(=N)/C1=C\N. The minimum absolute atomic E-state index is 0.0432. The first kappa shape index (κ1) is 15.7. The zero-order valence-electron chi connectivity index (χ0n) is 12.6. The molecule has 5 nitrogen and oxygen atoms in total. The van der Waals surface area contributed by atoms with Crippen molar-refractivity contribution in [2.75, 3.05) is 13.6 Å². The van der Waals surface area contributed by atoms with Gasteiger partial charge < -0.3 is 15.5 Å². The van der Waals surface area contributed by atoms with E-state index in [-0.39, 0.29) is 36.8 Å². The maximum atomic E-state index is 13.5. The molecule has 1 aliphatic heterocycles. The van der Waals surface area contributed by atoms with Crippen LogP contribution in [0.1, 0.15) is 33.1 Å². The minimum atomic E-state index is -2.69. The smallest absolute Gasteiger partial charge is 0.250 e. The van der Waals surface area contributed by atoms with Gasteiger partial charge in [0.05, 0.1) is 5.41 Å². The van der Waals surface area contributed by atoms with Crippen LogP contribution in [0.25, 0.3) is 0 Å². The summed E-state index contributed by atoms with van der Waals surface area (Å²) in [6.45, 7) is 3.77. The maximum absolute atomic E-state index is 13.5. The van der Waals surface area contributed by atoms with E-state index in [1.165, 1.54) is 11.1 Å². The molecule has 1 heterocycles. The van der Waals surface area contributed by atoms with Gasteiger partial charge in [0.15, 0.2) is 0 Å². The Morgan fingerprint density at radius 3 is 2.52 bits per heavy atom. The molecule has 1 saturated carbocycles. The Morgan fingerprint density at radius 2 is 2.05 bits per heavy atom. The van der Waals surface area contributed by atoms with Gasteiger partial charge in [0.25, 0.3) is 0 Å². The highest BCUT2D eigenvalue weighted by molar-refractivity contribution is 6.02. The van der Waals surface area contributed by atoms with Gasteiger partial charge in [-0.15, -0.1) is 0 Å². The number of hydrogen-bond donors (Lipinski definition) is 2. The summed E-state index contributed by atoms with van der Waals surface area (Å²) in [5.41, 5.74) is 5.05. The molecule has 2 rings (SSSR count). The lowest BCUT2D eigenvalue weighted by Crippen LogP contribution is -2.44. The number of carbonyl (C=O) groups excluding carboxylic acids is 1. The van der Waals surface area contributed by atoms with E-state index in [9.17, 15) is 13.6 Å². The first-order valence-electron chi connectivity index (χ1n) is 7.02. The van der Waals surface area contributed by atoms with Crippen molar-refractivity contribution in [1.82, 2.24) is 9.80 Å². The fourth-order valence-electron chi connectivity index (χ4n) is 3.14. The number of nitrogens with zero attached hydrogens (tertiary/aromatic N) is 2. The zero-order valence-corrected chi connectivity index (χ0v) is 12.6. The second kappa shape index (κ2) is 4.96. The average Bonchev–Trinajstić information content (AvgIpc) is 2.72. The predicted octanol–water partition coefficient (Wildman–Crippen LogP) is 1.75. The first-order chi connectivity index (χ1) is 9.59. The lowest BCUT2D eigenvalue weighted by atomic mass is 9.91. The van der Waals surface area contributed by atoms with Gasteiger partial charge in [-0.1, -0.05) is 0 Å². The normalized spacial score (nSPS) is 30.9. The number of nitrogens with one attached hydrogen (secondary N) is 1. The first-order valence-corrected chi connectivity index (χ1v) is 7.02. The molecule has 0 aromatic rings. The summed E-state index contributed by atoms with van der Waals surface area (Å²) in [6, 6.07) is -0.430. The lowest BCUT2D eigenvalue weighted by Gasteiger charge is -2.33. The monoisotopic (exact) mass is 300 g/mol. The van der Waals surface area contributed by atoms with E-state index < -0.39 is 17.4 Å². The molecule has 2 aliphatic rings. The third kappa shape index (κ3) is 2.73. The topological polar surface area (TPSA) is 73.4 Å². The second-order valence-corrected chi connectivity index (χ2v) is 6.53. The highest BCUT2D eigenvalue weighted by Crippen LogP contribution is 2.40. The van der Waals surface area contributed by atoms with Crippen molar-refractivity contribution in [1.29, 1.82) is 5.41 Å². The van der Waals surface area contributed by atoms with E-state index in [1.54, 1.807) is 25.8 Å². The Bertz CT molecular complexity index is 501. The third-order valence-corrected chi connectivity index (χ3v) is 4.32. The largest absolute Gasteiger partial charge is 0.403 e. The molecule has 2 fully saturated rings. The summed E-state index contributed by atoms with van der Waals surface area (Å²) >= 11 is 0. The zero-order chi connectivity index (χ0) is 16.0. The maximum Gasteiger partial charge on any atom is 0.250 e. The molecule has 0 bridgehead atoms. The molecule has 1 aliphatic carbocycles. The molecule has 0 spiro atoms. The Balaban J connectivity index is 2.37. The van der Waals surface area contributed by atoms with Crippen LogP contribution in [0.5, 0.6) is 0 Å². The average molecular weight is 300 g/mol. The van der Waals surface area contributed by atoms with Crippen molar-refractivity contribution in [2.45, 2.75) is 45.1 Å². The van der Waals surface area contributed by atoms with Gasteiger partial charge in [0.1, 0.15) is 11.5 Å². The van der Waals surface area contributed by atoms with Gasteiger partial charge in [-0.25, -0.2) is 8.78 Å². The molecule has 0 unspecified atom stereocenters. The van der Waals surface area contributed by atoms with E-state index in [4.69, 9.17) is 11.1 Å². The number of amidine groups is 1. The number of amides is 1. The number of alkyl halides is 2. The van der Waals surface area contributed by atoms with Crippen LogP contribution in [0.15, 0.2) is 11.9 Å². The minimum Gasteiger partial charge on any atom is -0.403 e. The van der Waals surface area contributed by atoms with Gasteiger partial charge in [-0.2, -0.15) is 0 Å². The molecule has 7 heteroatoms. The number of halogens is 2. The summed E-state index contributed by atoms with van der Waals surface area (Å²) in [6.07, 6.45) is 1.07. The van der Waals surface area contributed by atoms with Crippen molar-refractivity contribution >= 4 is 11.7 Å². The van der Waals surface area contributed by atoms with Crippen LogP contribution in [0, 0.1) is 10.8 Å². The van der Waals surface area contributed by atoms with Crippen molar-refractivity contribution in [3.63, 3.8) is 0 Å². The van der Waals surface area contributed by atoms with Crippen molar-refractivity contribution in [3.05, 3.63) is 11.9 Å². The predicted molar refractivity (Wildman–Crippen MR) is 75.8 cm³/mol. The molecule has 0 aromatic carbocycles. The Hall–Kier alpha value is -1.66. The van der Waals surface area contributed by atoms with Gasteiger partial charge >= 0.3 is 0 Å².